The van der Waals surface area contributed by atoms with E-state index in [1.54, 1.807) is 18.6 Å². The van der Waals surface area contributed by atoms with Crippen molar-refractivity contribution < 1.29 is 9.90 Å². The van der Waals surface area contributed by atoms with Gasteiger partial charge in [0.25, 0.3) is 0 Å². The molecule has 0 saturated heterocycles. The molecule has 0 fully saturated rings. The van der Waals surface area contributed by atoms with Crippen LogP contribution in [0.4, 0.5) is 0 Å². The number of nitrogens with zero attached hydrogens (tertiary/aromatic N) is 2. The topological polar surface area (TPSA) is 89.1 Å². The van der Waals surface area contributed by atoms with Crippen molar-refractivity contribution >= 4 is 17.7 Å². The van der Waals surface area contributed by atoms with Gasteiger partial charge >= 0.3 is 5.97 Å². The molecule has 1 atom stereocenters. The summed E-state index contributed by atoms with van der Waals surface area (Å²) in [7, 11) is 0. The summed E-state index contributed by atoms with van der Waals surface area (Å²) in [5, 5.41) is 8.85. The van der Waals surface area contributed by atoms with E-state index < -0.39 is 16.8 Å². The number of aliphatic carboxylic acids is 1. The van der Waals surface area contributed by atoms with Crippen LogP contribution in [0.1, 0.15) is 19.5 Å². The summed E-state index contributed by atoms with van der Waals surface area (Å²) in [6.45, 7) is 3.62. The summed E-state index contributed by atoms with van der Waals surface area (Å²) in [6.07, 6.45) is 4.87. The molecular formula is C10H15N3O2S. The molecule has 1 aromatic heterocycles. The number of hydrogen-bond donors (Lipinski definition) is 2. The lowest BCUT2D eigenvalue weighted by molar-refractivity contribution is -0.139. The highest BCUT2D eigenvalue weighted by molar-refractivity contribution is 7.99. The zero-order valence-electron chi connectivity index (χ0n) is 9.25. The first-order chi connectivity index (χ1) is 7.43. The molecular weight excluding hydrogens is 226 g/mol. The van der Waals surface area contributed by atoms with Crippen LogP contribution in [-0.4, -0.2) is 31.8 Å². The van der Waals surface area contributed by atoms with E-state index >= 15 is 0 Å². The van der Waals surface area contributed by atoms with Gasteiger partial charge < -0.3 is 10.8 Å². The van der Waals surface area contributed by atoms with Crippen molar-refractivity contribution in [3.8, 4) is 0 Å². The quantitative estimate of drug-likeness (QED) is 0.796. The number of carbonyl (C=O) groups is 1. The third-order valence-electron chi connectivity index (χ3n) is 2.22. The van der Waals surface area contributed by atoms with Gasteiger partial charge in [-0.15, -0.1) is 11.8 Å². The average Bonchev–Trinajstić information content (AvgIpc) is 2.27. The largest absolute Gasteiger partial charge is 0.480 e. The lowest BCUT2D eigenvalue weighted by Crippen LogP contribution is -2.46. The van der Waals surface area contributed by atoms with Gasteiger partial charge in [0.05, 0.1) is 5.69 Å². The first kappa shape index (κ1) is 12.9. The third kappa shape index (κ3) is 3.46. The standard InChI is InChI=1S/C10H15N3O2S/c1-10(2,8(11)9(14)15)16-6-7-5-12-3-4-13-7/h3-5,8H,6,11H2,1-2H3,(H,14,15)/t8-/m0/s1. The van der Waals surface area contributed by atoms with Gasteiger partial charge in [-0.05, 0) is 13.8 Å². The summed E-state index contributed by atoms with van der Waals surface area (Å²) in [5.74, 6) is -0.390. The monoisotopic (exact) mass is 241 g/mol. The predicted octanol–water partition coefficient (Wildman–Crippen LogP) is 0.900. The second kappa shape index (κ2) is 5.27. The maximum Gasteiger partial charge on any atom is 0.321 e. The van der Waals surface area contributed by atoms with Crippen molar-refractivity contribution in [3.05, 3.63) is 24.3 Å². The minimum Gasteiger partial charge on any atom is -0.480 e. The Kier molecular flexibility index (Phi) is 4.26. The van der Waals surface area contributed by atoms with Gasteiger partial charge in [0.2, 0.25) is 0 Å². The van der Waals surface area contributed by atoms with Gasteiger partial charge in [0, 0.05) is 29.1 Å². The molecule has 0 amide bonds. The smallest absolute Gasteiger partial charge is 0.321 e. The van der Waals surface area contributed by atoms with Crippen LogP contribution < -0.4 is 5.73 Å². The molecule has 0 unspecified atom stereocenters. The third-order valence-corrected chi connectivity index (χ3v) is 3.66. The van der Waals surface area contributed by atoms with Gasteiger partial charge in [0.15, 0.2) is 0 Å². The number of nitrogens with two attached hydrogens (primary N) is 1. The van der Waals surface area contributed by atoms with Crippen LogP contribution >= 0.6 is 11.8 Å². The van der Waals surface area contributed by atoms with E-state index in [1.165, 1.54) is 11.8 Å². The maximum absolute atomic E-state index is 10.8. The normalized spacial score (nSPS) is 13.4. The fourth-order valence-electron chi connectivity index (χ4n) is 1.05. The van der Waals surface area contributed by atoms with Crippen LogP contribution in [-0.2, 0) is 10.5 Å². The summed E-state index contributed by atoms with van der Waals surface area (Å²) in [6, 6.07) is -0.894. The van der Waals surface area contributed by atoms with E-state index in [4.69, 9.17) is 10.8 Å². The molecule has 0 aliphatic heterocycles. The molecule has 1 rings (SSSR count). The molecule has 6 heteroatoms. The molecule has 0 spiro atoms. The number of thioether (sulfide) groups is 1. The molecule has 0 saturated carbocycles. The van der Waals surface area contributed by atoms with Gasteiger partial charge in [-0.1, -0.05) is 0 Å². The molecule has 16 heavy (non-hydrogen) atoms. The van der Waals surface area contributed by atoms with Crippen LogP contribution in [0, 0.1) is 0 Å². The van der Waals surface area contributed by atoms with E-state index in [1.807, 2.05) is 13.8 Å². The molecule has 5 nitrogen and oxygen atoms in total. The fourth-order valence-corrected chi connectivity index (χ4v) is 2.00. The molecule has 0 aliphatic rings. The number of carboxylic acid groups (broad SMARTS) is 1. The molecule has 1 heterocycles. The number of hydrogen-bond acceptors (Lipinski definition) is 5. The van der Waals surface area contributed by atoms with Gasteiger partial charge in [-0.3, -0.25) is 14.8 Å². The Balaban J connectivity index is 2.57. The van der Waals surface area contributed by atoms with Crippen LogP contribution in [0.25, 0.3) is 0 Å². The highest BCUT2D eigenvalue weighted by Crippen LogP contribution is 2.29. The highest BCUT2D eigenvalue weighted by Gasteiger charge is 2.32. The molecule has 1 aromatic rings. The average molecular weight is 241 g/mol. The van der Waals surface area contributed by atoms with Gasteiger partial charge in [-0.25, -0.2) is 0 Å². The SMILES string of the molecule is CC(C)(SCc1cnccn1)[C@@H](N)C(=O)O. The Labute approximate surface area is 98.5 Å². The van der Waals surface area contributed by atoms with Crippen molar-refractivity contribution in [1.82, 2.24) is 9.97 Å². The minimum atomic E-state index is -0.989. The second-order valence-corrected chi connectivity index (χ2v) is 5.53. The zero-order valence-corrected chi connectivity index (χ0v) is 10.1. The number of carboxylic acids is 1. The van der Waals surface area contributed by atoms with E-state index in [-0.39, 0.29) is 0 Å². The Morgan fingerprint density at radius 1 is 1.62 bits per heavy atom. The summed E-state index contributed by atoms with van der Waals surface area (Å²) < 4.78 is -0.538. The van der Waals surface area contributed by atoms with Crippen molar-refractivity contribution in [2.45, 2.75) is 30.4 Å². The lowest BCUT2D eigenvalue weighted by atomic mass is 10.1. The molecule has 0 radical (unpaired) electrons. The maximum atomic E-state index is 10.8. The van der Waals surface area contributed by atoms with E-state index in [2.05, 4.69) is 9.97 Å². The van der Waals surface area contributed by atoms with Crippen LogP contribution in [0.3, 0.4) is 0 Å². The van der Waals surface area contributed by atoms with Crippen molar-refractivity contribution in [2.24, 2.45) is 5.73 Å². The summed E-state index contributed by atoms with van der Waals surface area (Å²) in [5.41, 5.74) is 6.42. The van der Waals surface area contributed by atoms with Gasteiger partial charge in [-0.2, -0.15) is 0 Å². The van der Waals surface area contributed by atoms with Crippen LogP contribution in [0.15, 0.2) is 18.6 Å². The Hall–Kier alpha value is -1.14. The Morgan fingerprint density at radius 3 is 2.81 bits per heavy atom. The molecule has 3 N–H and O–H groups in total. The van der Waals surface area contributed by atoms with Crippen molar-refractivity contribution in [3.63, 3.8) is 0 Å². The summed E-state index contributed by atoms with van der Waals surface area (Å²) >= 11 is 1.46. The number of aromatic nitrogens is 2. The first-order valence-electron chi connectivity index (χ1n) is 4.80. The fraction of sp³-hybridized carbons (Fsp3) is 0.500. The molecule has 0 bridgehead atoms. The Bertz CT molecular complexity index is 356. The van der Waals surface area contributed by atoms with Crippen molar-refractivity contribution in [1.29, 1.82) is 0 Å². The zero-order chi connectivity index (χ0) is 12.2. The van der Waals surface area contributed by atoms with E-state index in [0.29, 0.717) is 5.75 Å². The predicted molar refractivity (Wildman–Crippen MR) is 63.0 cm³/mol. The minimum absolute atomic E-state index is 0.538. The second-order valence-electron chi connectivity index (χ2n) is 3.90. The first-order valence-corrected chi connectivity index (χ1v) is 5.79. The van der Waals surface area contributed by atoms with Crippen LogP contribution in [0.2, 0.25) is 0 Å². The highest BCUT2D eigenvalue weighted by atomic mass is 32.2. The Morgan fingerprint density at radius 2 is 2.31 bits per heavy atom. The van der Waals surface area contributed by atoms with Crippen molar-refractivity contribution in [2.75, 3.05) is 0 Å². The summed E-state index contributed by atoms with van der Waals surface area (Å²) in [4.78, 5) is 18.8. The molecule has 0 aliphatic carbocycles. The lowest BCUT2D eigenvalue weighted by Gasteiger charge is -2.27. The van der Waals surface area contributed by atoms with Gasteiger partial charge in [0.1, 0.15) is 6.04 Å². The molecule has 0 aromatic carbocycles. The number of rotatable bonds is 5. The van der Waals surface area contributed by atoms with Crippen LogP contribution in [0.5, 0.6) is 0 Å². The van der Waals surface area contributed by atoms with E-state index in [0.717, 1.165) is 5.69 Å². The molecule has 88 valence electrons. The van der Waals surface area contributed by atoms with E-state index in [9.17, 15) is 4.79 Å².